The van der Waals surface area contributed by atoms with E-state index in [1.165, 1.54) is 18.7 Å². The fraction of sp³-hybridized carbons (Fsp3) is 0.391. The Morgan fingerprint density at radius 1 is 1.03 bits per heavy atom. The Morgan fingerprint density at radius 2 is 1.76 bits per heavy atom. The van der Waals surface area contributed by atoms with Gasteiger partial charge in [-0.1, -0.05) is 38.1 Å². The van der Waals surface area contributed by atoms with Crippen LogP contribution < -0.4 is 14.8 Å². The van der Waals surface area contributed by atoms with Crippen molar-refractivity contribution < 1.29 is 23.8 Å². The highest BCUT2D eigenvalue weighted by Crippen LogP contribution is 2.28. The summed E-state index contributed by atoms with van der Waals surface area (Å²) in [7, 11) is 1.50. The molecular weight excluding hydrogens is 370 g/mol. The van der Waals surface area contributed by atoms with Crippen LogP contribution in [0, 0.1) is 0 Å². The lowest BCUT2D eigenvalue weighted by Gasteiger charge is -2.11. The van der Waals surface area contributed by atoms with E-state index in [0.717, 1.165) is 5.56 Å². The van der Waals surface area contributed by atoms with Gasteiger partial charge in [-0.15, -0.1) is 0 Å². The fourth-order valence-electron chi connectivity index (χ4n) is 2.75. The zero-order chi connectivity index (χ0) is 21.2. The monoisotopic (exact) mass is 399 g/mol. The van der Waals surface area contributed by atoms with Gasteiger partial charge in [-0.25, -0.2) is 4.79 Å². The van der Waals surface area contributed by atoms with Gasteiger partial charge in [-0.05, 0) is 48.6 Å². The summed E-state index contributed by atoms with van der Waals surface area (Å²) in [4.78, 5) is 24.1. The number of methoxy groups -OCH3 is 1. The lowest BCUT2D eigenvalue weighted by atomic mass is 10.0. The third kappa shape index (κ3) is 6.82. The van der Waals surface area contributed by atoms with Crippen LogP contribution in [0.1, 0.15) is 48.2 Å². The first-order chi connectivity index (χ1) is 13.9. The van der Waals surface area contributed by atoms with Gasteiger partial charge < -0.3 is 19.5 Å². The van der Waals surface area contributed by atoms with Crippen molar-refractivity contribution in [3.8, 4) is 11.5 Å². The molecule has 0 aromatic heterocycles. The molecule has 6 heteroatoms. The van der Waals surface area contributed by atoms with E-state index in [1.54, 1.807) is 12.1 Å². The largest absolute Gasteiger partial charge is 0.493 e. The minimum absolute atomic E-state index is 0.295. The summed E-state index contributed by atoms with van der Waals surface area (Å²) in [5.74, 6) is 0.551. The Morgan fingerprint density at radius 3 is 2.38 bits per heavy atom. The summed E-state index contributed by atoms with van der Waals surface area (Å²) in [5, 5.41) is 2.76. The van der Waals surface area contributed by atoms with Gasteiger partial charge in [0.05, 0.1) is 19.3 Å². The summed E-state index contributed by atoms with van der Waals surface area (Å²) in [6, 6.07) is 13.1. The Bertz CT molecular complexity index is 815. The molecule has 29 heavy (non-hydrogen) atoms. The fourth-order valence-corrected chi connectivity index (χ4v) is 2.75. The summed E-state index contributed by atoms with van der Waals surface area (Å²) in [6.45, 7) is 6.80. The summed E-state index contributed by atoms with van der Waals surface area (Å²) >= 11 is 0. The van der Waals surface area contributed by atoms with Gasteiger partial charge in [0, 0.05) is 6.54 Å². The van der Waals surface area contributed by atoms with Crippen molar-refractivity contribution in [1.82, 2.24) is 5.32 Å². The average Bonchev–Trinajstić information content (AvgIpc) is 2.72. The molecule has 0 aliphatic heterocycles. The lowest BCUT2D eigenvalue weighted by Crippen LogP contribution is -2.30. The molecule has 1 N–H and O–H groups in total. The molecule has 156 valence electrons. The van der Waals surface area contributed by atoms with E-state index in [9.17, 15) is 9.59 Å². The van der Waals surface area contributed by atoms with Crippen LogP contribution in [0.25, 0.3) is 0 Å². The Kier molecular flexibility index (Phi) is 8.52. The predicted molar refractivity (Wildman–Crippen MR) is 112 cm³/mol. The second kappa shape index (κ2) is 11.1. The Balaban J connectivity index is 1.77. The SMILES string of the molecule is CCOc1ccc(C(=O)OCC(=O)NCCc2ccc(C(C)C)cc2)cc1OC. The van der Waals surface area contributed by atoms with Crippen LogP contribution in [0.4, 0.5) is 0 Å². The number of hydrogen-bond donors (Lipinski definition) is 1. The first-order valence-electron chi connectivity index (χ1n) is 9.78. The zero-order valence-electron chi connectivity index (χ0n) is 17.5. The maximum Gasteiger partial charge on any atom is 0.338 e. The number of nitrogens with one attached hydrogen (secondary N) is 1. The molecule has 0 aliphatic rings. The first-order valence-corrected chi connectivity index (χ1v) is 9.78. The number of hydrogen-bond acceptors (Lipinski definition) is 5. The molecule has 0 radical (unpaired) electrons. The molecule has 6 nitrogen and oxygen atoms in total. The topological polar surface area (TPSA) is 73.9 Å². The van der Waals surface area contributed by atoms with E-state index < -0.39 is 5.97 Å². The van der Waals surface area contributed by atoms with Crippen molar-refractivity contribution in [2.24, 2.45) is 0 Å². The summed E-state index contributed by atoms with van der Waals surface area (Å²) in [6.07, 6.45) is 0.716. The molecule has 0 heterocycles. The van der Waals surface area contributed by atoms with Crippen LogP contribution >= 0.6 is 0 Å². The van der Waals surface area contributed by atoms with Crippen LogP contribution in [0.3, 0.4) is 0 Å². The second-order valence-corrected chi connectivity index (χ2v) is 6.87. The van der Waals surface area contributed by atoms with Gasteiger partial charge in [0.1, 0.15) is 0 Å². The molecule has 0 bridgehead atoms. The van der Waals surface area contributed by atoms with E-state index in [2.05, 4.69) is 43.4 Å². The lowest BCUT2D eigenvalue weighted by molar-refractivity contribution is -0.124. The maximum atomic E-state index is 12.2. The molecule has 0 aliphatic carbocycles. The summed E-state index contributed by atoms with van der Waals surface area (Å²) < 4.78 is 15.7. The molecule has 0 spiro atoms. The maximum absolute atomic E-state index is 12.2. The van der Waals surface area contributed by atoms with Crippen molar-refractivity contribution >= 4 is 11.9 Å². The zero-order valence-corrected chi connectivity index (χ0v) is 17.5. The Labute approximate surface area is 172 Å². The predicted octanol–water partition coefficient (Wildman–Crippen LogP) is 3.73. The molecule has 2 aromatic carbocycles. The number of carbonyl (C=O) groups excluding carboxylic acids is 2. The van der Waals surface area contributed by atoms with E-state index in [-0.39, 0.29) is 12.5 Å². The first kappa shape index (κ1) is 22.3. The highest BCUT2D eigenvalue weighted by molar-refractivity contribution is 5.92. The minimum atomic E-state index is -0.592. The van der Waals surface area contributed by atoms with Gasteiger partial charge >= 0.3 is 5.97 Å². The number of ether oxygens (including phenoxy) is 3. The number of benzene rings is 2. The third-order valence-electron chi connectivity index (χ3n) is 4.42. The number of rotatable bonds is 10. The van der Waals surface area contributed by atoms with Gasteiger partial charge in [0.25, 0.3) is 5.91 Å². The van der Waals surface area contributed by atoms with Crippen LogP contribution in [-0.4, -0.2) is 38.7 Å². The highest BCUT2D eigenvalue weighted by Gasteiger charge is 2.14. The molecule has 0 unspecified atom stereocenters. The van der Waals surface area contributed by atoms with Crippen molar-refractivity contribution in [3.05, 3.63) is 59.2 Å². The van der Waals surface area contributed by atoms with Crippen LogP contribution in [0.15, 0.2) is 42.5 Å². The molecule has 0 saturated carbocycles. The third-order valence-corrected chi connectivity index (χ3v) is 4.42. The molecule has 0 atom stereocenters. The van der Waals surface area contributed by atoms with Crippen molar-refractivity contribution in [3.63, 3.8) is 0 Å². The smallest absolute Gasteiger partial charge is 0.338 e. The van der Waals surface area contributed by atoms with Crippen molar-refractivity contribution in [2.45, 2.75) is 33.1 Å². The number of esters is 1. The molecule has 0 saturated heterocycles. The van der Waals surface area contributed by atoms with Crippen LogP contribution in [0.2, 0.25) is 0 Å². The minimum Gasteiger partial charge on any atom is -0.493 e. The van der Waals surface area contributed by atoms with E-state index >= 15 is 0 Å². The molecule has 1 amide bonds. The molecule has 0 fully saturated rings. The standard InChI is InChI=1S/C23H29NO5/c1-5-28-20-11-10-19(14-21(20)27-4)23(26)29-15-22(25)24-13-12-17-6-8-18(9-7-17)16(2)3/h6-11,14,16H,5,12-13,15H2,1-4H3,(H,24,25). The average molecular weight is 399 g/mol. The highest BCUT2D eigenvalue weighted by atomic mass is 16.5. The van der Waals surface area contributed by atoms with Crippen LogP contribution in [0.5, 0.6) is 11.5 Å². The quantitative estimate of drug-likeness (QED) is 0.616. The van der Waals surface area contributed by atoms with Crippen molar-refractivity contribution in [2.75, 3.05) is 26.9 Å². The molecule has 2 aromatic rings. The van der Waals surface area contributed by atoms with E-state index in [1.807, 2.05) is 6.92 Å². The molecule has 2 rings (SSSR count). The number of amides is 1. The second-order valence-electron chi connectivity index (χ2n) is 6.87. The van der Waals surface area contributed by atoms with Gasteiger partial charge in [0.2, 0.25) is 0 Å². The van der Waals surface area contributed by atoms with Crippen molar-refractivity contribution in [1.29, 1.82) is 0 Å². The van der Waals surface area contributed by atoms with Gasteiger partial charge in [0.15, 0.2) is 18.1 Å². The Hall–Kier alpha value is -3.02. The normalized spacial score (nSPS) is 10.5. The van der Waals surface area contributed by atoms with Gasteiger partial charge in [-0.3, -0.25) is 4.79 Å². The van der Waals surface area contributed by atoms with Crippen LogP contribution in [-0.2, 0) is 16.0 Å². The molecular formula is C23H29NO5. The summed E-state index contributed by atoms with van der Waals surface area (Å²) in [5.41, 5.74) is 2.73. The van der Waals surface area contributed by atoms with Gasteiger partial charge in [-0.2, -0.15) is 0 Å². The number of carbonyl (C=O) groups is 2. The van der Waals surface area contributed by atoms with E-state index in [4.69, 9.17) is 14.2 Å². The van der Waals surface area contributed by atoms with E-state index in [0.29, 0.717) is 42.6 Å².